The SMILES string of the molecule is NC1CCCCCC=C[C@@H]2C[C@@]2(C(=O)O)NC(=O)[C@@H]2C[C@@H](Oc3cc(-c4ccccn4)nc4ccsc34)CN2C1=O. The van der Waals surface area contributed by atoms with Gasteiger partial charge in [-0.3, -0.25) is 14.6 Å². The predicted octanol–water partition coefficient (Wildman–Crippen LogP) is 3.51. The van der Waals surface area contributed by atoms with Crippen molar-refractivity contribution in [3.05, 3.63) is 54.1 Å². The number of allylic oxidation sites excluding steroid dienone is 1. The Morgan fingerprint density at radius 1 is 1.20 bits per heavy atom. The van der Waals surface area contributed by atoms with Gasteiger partial charge in [-0.2, -0.15) is 0 Å². The average molecular weight is 576 g/mol. The van der Waals surface area contributed by atoms with Crippen molar-refractivity contribution in [2.45, 2.75) is 68.7 Å². The zero-order chi connectivity index (χ0) is 28.6. The van der Waals surface area contributed by atoms with Gasteiger partial charge in [-0.15, -0.1) is 11.3 Å². The Hall–Kier alpha value is -3.83. The first-order chi connectivity index (χ1) is 19.9. The number of ether oxygens (including phenoxy) is 1. The first-order valence-corrected chi connectivity index (χ1v) is 15.0. The average Bonchev–Trinajstić information content (AvgIpc) is 3.27. The van der Waals surface area contributed by atoms with E-state index in [1.165, 1.54) is 16.2 Å². The van der Waals surface area contributed by atoms with Crippen molar-refractivity contribution in [1.29, 1.82) is 0 Å². The Morgan fingerprint density at radius 2 is 2.07 bits per heavy atom. The molecule has 2 fully saturated rings. The quantitative estimate of drug-likeness (QED) is 0.401. The normalized spacial score (nSPS) is 28.8. The first kappa shape index (κ1) is 27.3. The smallest absolute Gasteiger partial charge is 0.330 e. The number of carboxylic acids is 1. The maximum absolute atomic E-state index is 13.6. The summed E-state index contributed by atoms with van der Waals surface area (Å²) in [5.41, 5.74) is 7.11. The van der Waals surface area contributed by atoms with Crippen LogP contribution in [0.25, 0.3) is 21.6 Å². The molecule has 11 heteroatoms. The second-order valence-electron chi connectivity index (χ2n) is 11.1. The van der Waals surface area contributed by atoms with Crippen LogP contribution in [0.4, 0.5) is 0 Å². The molecule has 6 rings (SSSR count). The maximum Gasteiger partial charge on any atom is 0.330 e. The van der Waals surface area contributed by atoms with Crippen LogP contribution >= 0.6 is 11.3 Å². The van der Waals surface area contributed by atoms with E-state index in [4.69, 9.17) is 15.5 Å². The second kappa shape index (κ2) is 11.2. The number of aliphatic carboxylic acids is 1. The number of hydrogen-bond donors (Lipinski definition) is 3. The lowest BCUT2D eigenvalue weighted by Crippen LogP contribution is -2.55. The van der Waals surface area contributed by atoms with Gasteiger partial charge >= 0.3 is 5.97 Å². The van der Waals surface area contributed by atoms with Crippen molar-refractivity contribution in [3.8, 4) is 17.1 Å². The molecule has 4 N–H and O–H groups in total. The van der Waals surface area contributed by atoms with Crippen LogP contribution in [0, 0.1) is 5.92 Å². The van der Waals surface area contributed by atoms with Crippen molar-refractivity contribution >= 4 is 39.3 Å². The van der Waals surface area contributed by atoms with Gasteiger partial charge in [-0.1, -0.05) is 31.1 Å². The summed E-state index contributed by atoms with van der Waals surface area (Å²) in [6.07, 6.45) is 9.65. The minimum absolute atomic E-state index is 0.169. The molecule has 1 saturated carbocycles. The van der Waals surface area contributed by atoms with E-state index in [2.05, 4.69) is 10.3 Å². The number of thiophene rings is 1. The molecule has 2 aliphatic heterocycles. The fourth-order valence-electron chi connectivity index (χ4n) is 5.88. The number of aromatic nitrogens is 2. The molecule has 214 valence electrons. The van der Waals surface area contributed by atoms with Gasteiger partial charge in [-0.05, 0) is 49.3 Å². The lowest BCUT2D eigenvalue weighted by Gasteiger charge is -2.27. The van der Waals surface area contributed by atoms with Crippen molar-refractivity contribution in [2.75, 3.05) is 6.54 Å². The molecule has 0 radical (unpaired) electrons. The van der Waals surface area contributed by atoms with Gasteiger partial charge in [0.05, 0.1) is 34.2 Å². The summed E-state index contributed by atoms with van der Waals surface area (Å²) >= 11 is 1.50. The Bertz CT molecular complexity index is 1490. The third kappa shape index (κ3) is 5.43. The second-order valence-corrected chi connectivity index (χ2v) is 12.0. The minimum atomic E-state index is -1.35. The molecule has 3 aliphatic rings. The molecule has 1 unspecified atom stereocenters. The standard InChI is InChI=1S/C30H33N5O5S/c31-20-9-5-3-1-2-4-8-18-16-30(18,29(38)39)34-27(36)24-14-19(17-35(24)28(20)37)40-25-15-23(21-10-6-7-12-32-21)33-22-11-13-41-26(22)25/h4,6-8,10-13,15,18-20,24H,1-3,5,9,14,16-17,31H2,(H,34,36)(H,38,39)/t18-,19-,20?,24+,30-/m1/s1. The van der Waals surface area contributed by atoms with Crippen LogP contribution in [0.3, 0.4) is 0 Å². The summed E-state index contributed by atoms with van der Waals surface area (Å²) in [7, 11) is 0. The van der Waals surface area contributed by atoms with E-state index in [1.807, 2.05) is 47.9 Å². The summed E-state index contributed by atoms with van der Waals surface area (Å²) in [6.45, 7) is 0.169. The summed E-state index contributed by atoms with van der Waals surface area (Å²) < 4.78 is 7.35. The molecular formula is C30H33N5O5S. The maximum atomic E-state index is 13.6. The first-order valence-electron chi connectivity index (χ1n) is 14.1. The van der Waals surface area contributed by atoms with Crippen LogP contribution in [0.1, 0.15) is 44.9 Å². The number of nitrogens with one attached hydrogen (secondary N) is 1. The number of carbonyl (C=O) groups is 3. The Balaban J connectivity index is 1.29. The summed E-state index contributed by atoms with van der Waals surface area (Å²) in [5.74, 6) is -1.54. The zero-order valence-electron chi connectivity index (χ0n) is 22.6. The summed E-state index contributed by atoms with van der Waals surface area (Å²) in [4.78, 5) is 50.1. The number of rotatable bonds is 4. The molecule has 2 amide bonds. The number of fused-ring (bicyclic) bond motifs is 3. The van der Waals surface area contributed by atoms with Crippen LogP contribution in [0.5, 0.6) is 5.75 Å². The summed E-state index contributed by atoms with van der Waals surface area (Å²) in [6, 6.07) is 7.73. The van der Waals surface area contributed by atoms with Crippen molar-refractivity contribution in [1.82, 2.24) is 20.2 Å². The largest absolute Gasteiger partial charge is 0.487 e. The molecule has 3 aromatic rings. The topological polar surface area (TPSA) is 148 Å². The Labute approximate surface area is 241 Å². The molecule has 5 atom stereocenters. The lowest BCUT2D eigenvalue weighted by atomic mass is 10.1. The number of amides is 2. The molecular weight excluding hydrogens is 542 g/mol. The summed E-state index contributed by atoms with van der Waals surface area (Å²) in [5, 5.41) is 14.7. The van der Waals surface area contributed by atoms with E-state index in [0.29, 0.717) is 30.0 Å². The van der Waals surface area contributed by atoms with Crippen molar-refractivity contribution < 1.29 is 24.2 Å². The van der Waals surface area contributed by atoms with Gasteiger partial charge in [0.15, 0.2) is 0 Å². The van der Waals surface area contributed by atoms with Crippen LogP contribution in [-0.4, -0.2) is 68.0 Å². The van der Waals surface area contributed by atoms with Crippen molar-refractivity contribution in [2.24, 2.45) is 11.7 Å². The third-order valence-corrected chi connectivity index (χ3v) is 9.18. The Kier molecular flexibility index (Phi) is 7.48. The van der Waals surface area contributed by atoms with E-state index < -0.39 is 35.6 Å². The molecule has 1 aliphatic carbocycles. The van der Waals surface area contributed by atoms with Crippen molar-refractivity contribution in [3.63, 3.8) is 0 Å². The van der Waals surface area contributed by atoms with Gasteiger partial charge in [0.1, 0.15) is 23.4 Å². The van der Waals surface area contributed by atoms with Crippen LogP contribution in [0.15, 0.2) is 54.1 Å². The van der Waals surface area contributed by atoms with E-state index >= 15 is 0 Å². The molecule has 0 aromatic carbocycles. The fourth-order valence-corrected chi connectivity index (χ4v) is 6.67. The van der Waals surface area contributed by atoms with Crippen LogP contribution in [-0.2, 0) is 14.4 Å². The number of nitrogens with zero attached hydrogens (tertiary/aromatic N) is 3. The number of carboxylic acid groups (broad SMARTS) is 1. The highest BCUT2D eigenvalue weighted by atomic mass is 32.1. The van der Waals surface area contributed by atoms with E-state index in [1.54, 1.807) is 6.20 Å². The Morgan fingerprint density at radius 3 is 2.88 bits per heavy atom. The number of nitrogens with two attached hydrogens (primary N) is 1. The highest BCUT2D eigenvalue weighted by Crippen LogP contribution is 2.45. The number of pyridine rings is 2. The zero-order valence-corrected chi connectivity index (χ0v) is 23.4. The molecule has 0 bridgehead atoms. The van der Waals surface area contributed by atoms with Crippen LogP contribution in [0.2, 0.25) is 0 Å². The van der Waals surface area contributed by atoms with Gasteiger partial charge in [0, 0.05) is 24.6 Å². The lowest BCUT2D eigenvalue weighted by molar-refractivity contribution is -0.145. The molecule has 41 heavy (non-hydrogen) atoms. The molecule has 3 aromatic heterocycles. The highest BCUT2D eigenvalue weighted by molar-refractivity contribution is 7.17. The third-order valence-electron chi connectivity index (χ3n) is 8.26. The predicted molar refractivity (Wildman–Crippen MR) is 154 cm³/mol. The van der Waals surface area contributed by atoms with Gasteiger partial charge < -0.3 is 25.8 Å². The molecule has 0 spiro atoms. The van der Waals surface area contributed by atoms with E-state index in [9.17, 15) is 19.5 Å². The molecule has 10 nitrogen and oxygen atoms in total. The minimum Gasteiger partial charge on any atom is -0.487 e. The van der Waals surface area contributed by atoms with Gasteiger partial charge in [-0.25, -0.2) is 9.78 Å². The molecule has 1 saturated heterocycles. The van der Waals surface area contributed by atoms with Gasteiger partial charge in [0.25, 0.3) is 0 Å². The number of carbonyl (C=O) groups excluding carboxylic acids is 2. The van der Waals surface area contributed by atoms with E-state index in [-0.39, 0.29) is 24.8 Å². The van der Waals surface area contributed by atoms with Crippen LogP contribution < -0.4 is 15.8 Å². The fraction of sp³-hybridized carbons (Fsp3) is 0.433. The van der Waals surface area contributed by atoms with Gasteiger partial charge in [0.2, 0.25) is 11.8 Å². The number of hydrogen-bond acceptors (Lipinski definition) is 8. The van der Waals surface area contributed by atoms with E-state index in [0.717, 1.165) is 35.9 Å². The monoisotopic (exact) mass is 575 g/mol. The highest BCUT2D eigenvalue weighted by Gasteiger charge is 2.61. The molecule has 5 heterocycles.